The Morgan fingerprint density at radius 2 is 1.63 bits per heavy atom. The van der Waals surface area contributed by atoms with Crippen LogP contribution < -0.4 is 24.7 Å². The molecule has 1 atom stereocenters. The van der Waals surface area contributed by atoms with Gasteiger partial charge in [0.1, 0.15) is 40.4 Å². The van der Waals surface area contributed by atoms with Crippen LogP contribution in [-0.2, 0) is 4.74 Å². The summed E-state index contributed by atoms with van der Waals surface area (Å²) >= 11 is 0. The maximum atomic E-state index is 10.0. The van der Waals surface area contributed by atoms with Gasteiger partial charge in [-0.15, -0.1) is 0 Å². The SMILES string of the molecule is COc1ccc(/C=C2\CN(C)CC3=C2OC(N)=C(C#N)C3c2ccc(OC)cc2OC)c(OC)c1. The maximum Gasteiger partial charge on any atom is 0.205 e. The number of hydrogen-bond acceptors (Lipinski definition) is 8. The molecule has 2 aliphatic heterocycles. The monoisotopic (exact) mass is 475 g/mol. The van der Waals surface area contributed by atoms with Gasteiger partial charge in [0.2, 0.25) is 5.88 Å². The minimum Gasteiger partial charge on any atom is -0.497 e. The van der Waals surface area contributed by atoms with Crippen molar-refractivity contribution in [1.29, 1.82) is 5.26 Å². The fourth-order valence-electron chi connectivity index (χ4n) is 4.58. The third-order valence-electron chi connectivity index (χ3n) is 6.22. The molecular formula is C27H29N3O5. The van der Waals surface area contributed by atoms with Crippen LogP contribution in [0.5, 0.6) is 23.0 Å². The van der Waals surface area contributed by atoms with Gasteiger partial charge in [-0.1, -0.05) is 6.07 Å². The number of rotatable bonds is 6. The highest BCUT2D eigenvalue weighted by molar-refractivity contribution is 5.67. The molecule has 0 amide bonds. The van der Waals surface area contributed by atoms with Gasteiger partial charge in [-0.25, -0.2) is 0 Å². The normalized spacial score (nSPS) is 19.1. The van der Waals surface area contributed by atoms with Crippen molar-refractivity contribution in [2.24, 2.45) is 5.73 Å². The zero-order valence-electron chi connectivity index (χ0n) is 20.5. The van der Waals surface area contributed by atoms with Crippen molar-refractivity contribution in [3.8, 4) is 29.1 Å². The van der Waals surface area contributed by atoms with Crippen molar-refractivity contribution in [3.63, 3.8) is 0 Å². The fraction of sp³-hybridized carbons (Fsp3) is 0.296. The first-order chi connectivity index (χ1) is 16.9. The third kappa shape index (κ3) is 4.51. The number of methoxy groups -OCH3 is 4. The van der Waals surface area contributed by atoms with E-state index in [0.29, 0.717) is 47.4 Å². The van der Waals surface area contributed by atoms with Gasteiger partial charge in [0, 0.05) is 41.9 Å². The molecule has 0 spiro atoms. The Hall–Kier alpha value is -4.09. The Bertz CT molecular complexity index is 1270. The van der Waals surface area contributed by atoms with Crippen LogP contribution >= 0.6 is 0 Å². The van der Waals surface area contributed by atoms with E-state index in [1.807, 2.05) is 49.5 Å². The molecule has 0 aromatic heterocycles. The summed E-state index contributed by atoms with van der Waals surface area (Å²) in [5.74, 6) is 2.99. The van der Waals surface area contributed by atoms with Crippen molar-refractivity contribution in [2.75, 3.05) is 48.6 Å². The van der Waals surface area contributed by atoms with E-state index >= 15 is 0 Å². The molecule has 4 rings (SSSR count). The molecule has 0 bridgehead atoms. The van der Waals surface area contributed by atoms with Gasteiger partial charge in [0.15, 0.2) is 0 Å². The van der Waals surface area contributed by atoms with E-state index in [0.717, 1.165) is 22.3 Å². The predicted octanol–water partition coefficient (Wildman–Crippen LogP) is 3.81. The molecule has 0 saturated heterocycles. The Labute approximate surface area is 205 Å². The molecule has 0 radical (unpaired) electrons. The minimum atomic E-state index is -0.423. The Morgan fingerprint density at radius 1 is 0.971 bits per heavy atom. The van der Waals surface area contributed by atoms with Gasteiger partial charge in [-0.3, -0.25) is 4.90 Å². The van der Waals surface area contributed by atoms with E-state index < -0.39 is 5.92 Å². The molecule has 2 aliphatic rings. The number of nitriles is 1. The summed E-state index contributed by atoms with van der Waals surface area (Å²) in [6.45, 7) is 1.24. The number of likely N-dealkylation sites (N-methyl/N-ethyl adjacent to an activating group) is 1. The predicted molar refractivity (Wildman–Crippen MR) is 132 cm³/mol. The number of nitrogens with zero attached hydrogens (tertiary/aromatic N) is 2. The second-order valence-electron chi connectivity index (χ2n) is 8.34. The van der Waals surface area contributed by atoms with Gasteiger partial charge >= 0.3 is 0 Å². The van der Waals surface area contributed by atoms with Crippen LogP contribution in [0.15, 0.2) is 64.8 Å². The first-order valence-corrected chi connectivity index (χ1v) is 11.1. The number of allylic oxidation sites excluding steroid dienone is 1. The molecule has 2 aromatic carbocycles. The smallest absolute Gasteiger partial charge is 0.205 e. The Morgan fingerprint density at radius 3 is 2.26 bits per heavy atom. The summed E-state index contributed by atoms with van der Waals surface area (Å²) in [6, 6.07) is 13.5. The molecule has 8 nitrogen and oxygen atoms in total. The lowest BCUT2D eigenvalue weighted by Crippen LogP contribution is -2.36. The average molecular weight is 476 g/mol. The summed E-state index contributed by atoms with van der Waals surface area (Å²) in [5, 5.41) is 10.0. The Balaban J connectivity index is 1.89. The van der Waals surface area contributed by atoms with Crippen LogP contribution in [0.4, 0.5) is 0 Å². The zero-order chi connectivity index (χ0) is 25.1. The van der Waals surface area contributed by atoms with E-state index in [4.69, 9.17) is 29.4 Å². The van der Waals surface area contributed by atoms with Crippen LogP contribution in [0.1, 0.15) is 17.0 Å². The molecule has 2 N–H and O–H groups in total. The van der Waals surface area contributed by atoms with E-state index in [2.05, 4.69) is 11.0 Å². The molecule has 0 saturated carbocycles. The van der Waals surface area contributed by atoms with Crippen LogP contribution in [-0.4, -0.2) is 53.5 Å². The third-order valence-corrected chi connectivity index (χ3v) is 6.22. The highest BCUT2D eigenvalue weighted by atomic mass is 16.5. The summed E-state index contributed by atoms with van der Waals surface area (Å²) < 4.78 is 28.1. The van der Waals surface area contributed by atoms with Crippen LogP contribution in [0.25, 0.3) is 6.08 Å². The van der Waals surface area contributed by atoms with Crippen molar-refractivity contribution in [1.82, 2.24) is 4.90 Å². The first kappa shape index (κ1) is 24.0. The van der Waals surface area contributed by atoms with Crippen LogP contribution in [0, 0.1) is 11.3 Å². The Kier molecular flexibility index (Phi) is 6.90. The number of ether oxygens (including phenoxy) is 5. The number of hydrogen-bond donors (Lipinski definition) is 1. The molecule has 182 valence electrons. The largest absolute Gasteiger partial charge is 0.497 e. The summed E-state index contributed by atoms with van der Waals surface area (Å²) in [5.41, 5.74) is 10.2. The molecule has 0 aliphatic carbocycles. The maximum absolute atomic E-state index is 10.0. The summed E-state index contributed by atoms with van der Waals surface area (Å²) in [6.07, 6.45) is 2.02. The molecule has 1 unspecified atom stereocenters. The quantitative estimate of drug-likeness (QED) is 0.673. The lowest BCUT2D eigenvalue weighted by atomic mass is 9.80. The summed E-state index contributed by atoms with van der Waals surface area (Å²) in [4.78, 5) is 2.17. The van der Waals surface area contributed by atoms with Crippen molar-refractivity contribution in [2.45, 2.75) is 5.92 Å². The number of benzene rings is 2. The van der Waals surface area contributed by atoms with E-state index in [9.17, 15) is 5.26 Å². The molecule has 8 heteroatoms. The fourth-order valence-corrected chi connectivity index (χ4v) is 4.58. The topological polar surface area (TPSA) is 99.2 Å². The first-order valence-electron chi connectivity index (χ1n) is 11.1. The van der Waals surface area contributed by atoms with Gasteiger partial charge in [-0.2, -0.15) is 5.26 Å². The molecule has 0 fully saturated rings. The molecule has 2 heterocycles. The van der Waals surface area contributed by atoms with E-state index in [-0.39, 0.29) is 5.88 Å². The highest BCUT2D eigenvalue weighted by Crippen LogP contribution is 2.46. The standard InChI is InChI=1S/C27H29N3O5/c1-30-14-17(10-16-6-7-18(31-2)11-23(16)33-4)26-22(15-30)25(21(13-28)27(29)35-26)20-9-8-19(32-3)12-24(20)34-5/h6-12,25H,14-15,29H2,1-5H3/b17-10+. The molecular weight excluding hydrogens is 446 g/mol. The molecule has 35 heavy (non-hydrogen) atoms. The number of nitrogens with two attached hydrogens (primary N) is 1. The van der Waals surface area contributed by atoms with Crippen molar-refractivity contribution in [3.05, 3.63) is 75.9 Å². The second kappa shape index (κ2) is 10.0. The zero-order valence-corrected chi connectivity index (χ0v) is 20.5. The second-order valence-corrected chi connectivity index (χ2v) is 8.34. The van der Waals surface area contributed by atoms with Gasteiger partial charge < -0.3 is 29.4 Å². The minimum absolute atomic E-state index is 0.0891. The highest BCUT2D eigenvalue weighted by Gasteiger charge is 2.38. The molecule has 2 aromatic rings. The van der Waals surface area contributed by atoms with Gasteiger partial charge in [-0.05, 0) is 36.9 Å². The van der Waals surface area contributed by atoms with E-state index in [1.165, 1.54) is 0 Å². The van der Waals surface area contributed by atoms with Crippen molar-refractivity contribution >= 4 is 6.08 Å². The lowest BCUT2D eigenvalue weighted by Gasteiger charge is -2.37. The summed E-state index contributed by atoms with van der Waals surface area (Å²) in [7, 11) is 8.46. The van der Waals surface area contributed by atoms with Crippen LogP contribution in [0.2, 0.25) is 0 Å². The lowest BCUT2D eigenvalue weighted by molar-refractivity contribution is 0.250. The van der Waals surface area contributed by atoms with Gasteiger partial charge in [0.25, 0.3) is 0 Å². The van der Waals surface area contributed by atoms with E-state index in [1.54, 1.807) is 28.4 Å². The van der Waals surface area contributed by atoms with Crippen LogP contribution in [0.3, 0.4) is 0 Å². The average Bonchev–Trinajstić information content (AvgIpc) is 2.88. The van der Waals surface area contributed by atoms with Crippen molar-refractivity contribution < 1.29 is 23.7 Å². The van der Waals surface area contributed by atoms with Gasteiger partial charge in [0.05, 0.1) is 34.4 Å².